The Morgan fingerprint density at radius 2 is 1.54 bits per heavy atom. The average molecular weight is 340 g/mol. The van der Waals surface area contributed by atoms with Gasteiger partial charge in [0.15, 0.2) is 5.78 Å². The topological polar surface area (TPSA) is 43.4 Å². The van der Waals surface area contributed by atoms with Gasteiger partial charge in [-0.05, 0) is 35.4 Å². The van der Waals surface area contributed by atoms with Crippen LogP contribution in [0.25, 0.3) is 6.08 Å². The second-order valence-electron chi connectivity index (χ2n) is 6.13. The highest BCUT2D eigenvalue weighted by Crippen LogP contribution is 2.34. The van der Waals surface area contributed by atoms with Gasteiger partial charge in [-0.1, -0.05) is 60.7 Å². The van der Waals surface area contributed by atoms with E-state index in [2.05, 4.69) is 0 Å². The normalized spacial score (nSPS) is 14.3. The Kier molecular flexibility index (Phi) is 4.20. The van der Waals surface area contributed by atoms with Gasteiger partial charge in [-0.25, -0.2) is 4.79 Å². The van der Waals surface area contributed by atoms with Crippen LogP contribution in [0.4, 0.5) is 0 Å². The summed E-state index contributed by atoms with van der Waals surface area (Å²) < 4.78 is 5.53. The van der Waals surface area contributed by atoms with Crippen LogP contribution in [0.3, 0.4) is 0 Å². The van der Waals surface area contributed by atoms with Gasteiger partial charge in [-0.2, -0.15) is 0 Å². The van der Waals surface area contributed by atoms with Crippen molar-refractivity contribution in [2.75, 3.05) is 0 Å². The van der Waals surface area contributed by atoms with E-state index in [-0.39, 0.29) is 5.78 Å². The summed E-state index contributed by atoms with van der Waals surface area (Å²) in [6.45, 7) is 0. The summed E-state index contributed by atoms with van der Waals surface area (Å²) in [7, 11) is 0. The summed E-state index contributed by atoms with van der Waals surface area (Å²) in [5.41, 5.74) is 3.51. The molecule has 1 aliphatic carbocycles. The number of fused-ring (bicyclic) bond motifs is 1. The number of esters is 1. The quantitative estimate of drug-likeness (QED) is 0.393. The summed E-state index contributed by atoms with van der Waals surface area (Å²) in [6, 6.07) is 23.9. The van der Waals surface area contributed by atoms with E-state index in [1.165, 1.54) is 0 Å². The van der Waals surface area contributed by atoms with E-state index >= 15 is 0 Å². The van der Waals surface area contributed by atoms with Crippen LogP contribution in [0.5, 0.6) is 5.75 Å². The number of Topliss-reactive ketones (excluding diaryl/α,β-unsaturated/α-hetero) is 1. The van der Waals surface area contributed by atoms with E-state index in [9.17, 15) is 9.59 Å². The van der Waals surface area contributed by atoms with Crippen LogP contribution in [0.15, 0.2) is 84.4 Å². The molecule has 0 fully saturated rings. The fraction of sp³-hybridized carbons (Fsp3) is 0.0435. The van der Waals surface area contributed by atoms with E-state index < -0.39 is 5.97 Å². The summed E-state index contributed by atoms with van der Waals surface area (Å²) in [4.78, 5) is 25.2. The Morgan fingerprint density at radius 1 is 0.846 bits per heavy atom. The fourth-order valence-corrected chi connectivity index (χ4v) is 3.11. The summed E-state index contributed by atoms with van der Waals surface area (Å²) in [6.07, 6.45) is 2.44. The molecular weight excluding hydrogens is 324 g/mol. The van der Waals surface area contributed by atoms with Crippen molar-refractivity contribution in [1.82, 2.24) is 0 Å². The molecule has 0 aromatic heterocycles. The zero-order valence-electron chi connectivity index (χ0n) is 14.0. The summed E-state index contributed by atoms with van der Waals surface area (Å²) in [5, 5.41) is 0. The summed E-state index contributed by atoms with van der Waals surface area (Å²) >= 11 is 0. The third kappa shape index (κ3) is 3.07. The molecule has 0 aliphatic heterocycles. The molecule has 0 spiro atoms. The van der Waals surface area contributed by atoms with Crippen LogP contribution in [0.1, 0.15) is 31.8 Å². The van der Waals surface area contributed by atoms with Gasteiger partial charge in [0.05, 0.1) is 11.1 Å². The van der Waals surface area contributed by atoms with Crippen molar-refractivity contribution in [2.45, 2.75) is 6.42 Å². The minimum Gasteiger partial charge on any atom is -0.422 e. The first-order valence-electron chi connectivity index (χ1n) is 8.42. The van der Waals surface area contributed by atoms with Crippen LogP contribution >= 0.6 is 0 Å². The maximum absolute atomic E-state index is 12.9. The number of ketones is 1. The Hall–Kier alpha value is -3.46. The fourth-order valence-electron chi connectivity index (χ4n) is 3.11. The smallest absolute Gasteiger partial charge is 0.343 e. The van der Waals surface area contributed by atoms with Crippen LogP contribution in [-0.2, 0) is 6.42 Å². The first-order valence-corrected chi connectivity index (χ1v) is 8.42. The number of hydrogen-bond acceptors (Lipinski definition) is 3. The minimum atomic E-state index is -0.465. The predicted octanol–water partition coefficient (Wildman–Crippen LogP) is 4.73. The predicted molar refractivity (Wildman–Crippen MR) is 100 cm³/mol. The number of carbonyl (C=O) groups excluding carboxylic acids is 2. The molecule has 4 rings (SSSR count). The van der Waals surface area contributed by atoms with Crippen molar-refractivity contribution < 1.29 is 14.3 Å². The van der Waals surface area contributed by atoms with Crippen molar-refractivity contribution in [3.05, 3.63) is 107 Å². The van der Waals surface area contributed by atoms with Gasteiger partial charge < -0.3 is 4.74 Å². The van der Waals surface area contributed by atoms with E-state index in [0.29, 0.717) is 28.9 Å². The number of rotatable bonds is 3. The SMILES string of the molecule is O=C(Oc1cccc2c1C(=O)/C(=C\c1ccccc1)C2)c1ccccc1. The molecule has 1 aliphatic rings. The zero-order chi connectivity index (χ0) is 17.9. The molecule has 3 aromatic carbocycles. The van der Waals surface area contributed by atoms with Gasteiger partial charge in [-0.3, -0.25) is 4.79 Å². The largest absolute Gasteiger partial charge is 0.422 e. The van der Waals surface area contributed by atoms with Crippen molar-refractivity contribution >= 4 is 17.8 Å². The number of carbonyl (C=O) groups is 2. The van der Waals surface area contributed by atoms with Crippen LogP contribution < -0.4 is 4.74 Å². The lowest BCUT2D eigenvalue weighted by Gasteiger charge is -2.08. The lowest BCUT2D eigenvalue weighted by molar-refractivity contribution is 0.0733. The minimum absolute atomic E-state index is 0.0830. The van der Waals surface area contributed by atoms with Gasteiger partial charge in [0, 0.05) is 12.0 Å². The summed E-state index contributed by atoms with van der Waals surface area (Å²) in [5.74, 6) is -0.231. The van der Waals surface area contributed by atoms with Gasteiger partial charge in [0.1, 0.15) is 5.75 Å². The Morgan fingerprint density at radius 3 is 2.27 bits per heavy atom. The van der Waals surface area contributed by atoms with Gasteiger partial charge in [-0.15, -0.1) is 0 Å². The highest BCUT2D eigenvalue weighted by Gasteiger charge is 2.29. The highest BCUT2D eigenvalue weighted by molar-refractivity contribution is 6.17. The maximum Gasteiger partial charge on any atom is 0.343 e. The molecule has 26 heavy (non-hydrogen) atoms. The van der Waals surface area contributed by atoms with Crippen molar-refractivity contribution in [2.24, 2.45) is 0 Å². The van der Waals surface area contributed by atoms with E-state index in [4.69, 9.17) is 4.74 Å². The Bertz CT molecular complexity index is 1000. The molecule has 0 bridgehead atoms. The molecule has 3 heteroatoms. The molecule has 0 amide bonds. The number of ether oxygens (including phenoxy) is 1. The molecule has 0 radical (unpaired) electrons. The standard InChI is InChI=1S/C23H16O3/c24-22-19(14-16-8-3-1-4-9-16)15-18-12-7-13-20(21(18)22)26-23(25)17-10-5-2-6-11-17/h1-14H,15H2/b19-14-. The lowest BCUT2D eigenvalue weighted by Crippen LogP contribution is -2.10. The second-order valence-corrected chi connectivity index (χ2v) is 6.13. The number of benzene rings is 3. The molecule has 3 nitrogen and oxygen atoms in total. The highest BCUT2D eigenvalue weighted by atomic mass is 16.5. The van der Waals surface area contributed by atoms with E-state index in [0.717, 1.165) is 11.1 Å². The third-order valence-electron chi connectivity index (χ3n) is 4.36. The van der Waals surface area contributed by atoms with Crippen LogP contribution in [-0.4, -0.2) is 11.8 Å². The van der Waals surface area contributed by atoms with Gasteiger partial charge >= 0.3 is 5.97 Å². The Labute approximate surface area is 151 Å². The Balaban J connectivity index is 1.65. The second kappa shape index (κ2) is 6.81. The molecule has 3 aromatic rings. The monoisotopic (exact) mass is 340 g/mol. The molecule has 0 heterocycles. The van der Waals surface area contributed by atoms with Gasteiger partial charge in [0.25, 0.3) is 0 Å². The molecule has 0 saturated heterocycles. The molecule has 0 saturated carbocycles. The number of hydrogen-bond donors (Lipinski definition) is 0. The van der Waals surface area contributed by atoms with Crippen molar-refractivity contribution in [3.63, 3.8) is 0 Å². The molecule has 126 valence electrons. The van der Waals surface area contributed by atoms with Gasteiger partial charge in [0.2, 0.25) is 0 Å². The lowest BCUT2D eigenvalue weighted by atomic mass is 10.1. The van der Waals surface area contributed by atoms with E-state index in [1.54, 1.807) is 30.3 Å². The van der Waals surface area contributed by atoms with Crippen molar-refractivity contribution in [3.8, 4) is 5.75 Å². The zero-order valence-corrected chi connectivity index (χ0v) is 14.0. The van der Waals surface area contributed by atoms with Crippen LogP contribution in [0, 0.1) is 0 Å². The molecular formula is C23H16O3. The number of allylic oxidation sites excluding steroid dienone is 1. The average Bonchev–Trinajstić information content (AvgIpc) is 3.00. The third-order valence-corrected chi connectivity index (χ3v) is 4.36. The maximum atomic E-state index is 12.9. The molecule has 0 N–H and O–H groups in total. The molecule has 0 unspecified atom stereocenters. The van der Waals surface area contributed by atoms with Crippen molar-refractivity contribution in [1.29, 1.82) is 0 Å². The van der Waals surface area contributed by atoms with Crippen LogP contribution in [0.2, 0.25) is 0 Å². The first kappa shape index (κ1) is 16.0. The molecule has 0 atom stereocenters. The van der Waals surface area contributed by atoms with E-state index in [1.807, 2.05) is 54.6 Å². The first-order chi connectivity index (χ1) is 12.7.